The van der Waals surface area contributed by atoms with Crippen LogP contribution in [0.25, 0.3) is 0 Å². The molecule has 5 heteroatoms. The van der Waals surface area contributed by atoms with E-state index in [0.717, 1.165) is 12.8 Å². The van der Waals surface area contributed by atoms with Crippen molar-refractivity contribution in [2.24, 2.45) is 5.73 Å². The summed E-state index contributed by atoms with van der Waals surface area (Å²) in [6, 6.07) is 5.08. The molecule has 0 saturated carbocycles. The van der Waals surface area contributed by atoms with Crippen molar-refractivity contribution in [2.75, 3.05) is 20.8 Å². The summed E-state index contributed by atoms with van der Waals surface area (Å²) in [5.74, 6) is 0.989. The molecular formula is C14H22N2O3. The summed E-state index contributed by atoms with van der Waals surface area (Å²) in [4.78, 5) is 12.1. The number of amides is 1. The Morgan fingerprint density at radius 3 is 2.53 bits per heavy atom. The highest BCUT2D eigenvalue weighted by atomic mass is 16.5. The lowest BCUT2D eigenvalue weighted by molar-refractivity contribution is 0.0935. The predicted octanol–water partition coefficient (Wildman–Crippen LogP) is 1.56. The second-order valence-electron chi connectivity index (χ2n) is 4.26. The Kier molecular flexibility index (Phi) is 6.15. The quantitative estimate of drug-likeness (QED) is 0.785. The van der Waals surface area contributed by atoms with Gasteiger partial charge in [0, 0.05) is 18.2 Å². The van der Waals surface area contributed by atoms with Gasteiger partial charge in [-0.1, -0.05) is 13.3 Å². The fourth-order valence-corrected chi connectivity index (χ4v) is 1.84. The van der Waals surface area contributed by atoms with Crippen molar-refractivity contribution in [3.05, 3.63) is 23.8 Å². The van der Waals surface area contributed by atoms with Gasteiger partial charge >= 0.3 is 0 Å². The van der Waals surface area contributed by atoms with E-state index in [1.807, 2.05) is 0 Å². The zero-order valence-corrected chi connectivity index (χ0v) is 11.7. The summed E-state index contributed by atoms with van der Waals surface area (Å²) in [6.45, 7) is 2.50. The van der Waals surface area contributed by atoms with Crippen LogP contribution >= 0.6 is 0 Å². The normalized spacial score (nSPS) is 11.8. The van der Waals surface area contributed by atoms with Crippen molar-refractivity contribution in [1.82, 2.24) is 5.32 Å². The Bertz CT molecular complexity index is 421. The van der Waals surface area contributed by atoms with Crippen LogP contribution in [0.15, 0.2) is 18.2 Å². The highest BCUT2D eigenvalue weighted by Crippen LogP contribution is 2.27. The Hall–Kier alpha value is -1.75. The molecule has 0 aliphatic carbocycles. The molecule has 106 valence electrons. The highest BCUT2D eigenvalue weighted by Gasteiger charge is 2.14. The molecule has 19 heavy (non-hydrogen) atoms. The third kappa shape index (κ3) is 4.13. The molecule has 0 aliphatic heterocycles. The molecule has 0 fully saturated rings. The Balaban J connectivity index is 2.82. The van der Waals surface area contributed by atoms with Crippen molar-refractivity contribution >= 4 is 5.91 Å². The second-order valence-corrected chi connectivity index (χ2v) is 4.26. The molecule has 3 N–H and O–H groups in total. The predicted molar refractivity (Wildman–Crippen MR) is 74.8 cm³/mol. The molecule has 1 unspecified atom stereocenters. The van der Waals surface area contributed by atoms with Gasteiger partial charge in [0.25, 0.3) is 5.91 Å². The summed E-state index contributed by atoms with van der Waals surface area (Å²) in [5, 5.41) is 2.91. The average Bonchev–Trinajstić information content (AvgIpc) is 2.45. The third-order valence-electron chi connectivity index (χ3n) is 2.90. The number of carbonyl (C=O) groups is 1. The van der Waals surface area contributed by atoms with Gasteiger partial charge < -0.3 is 20.5 Å². The van der Waals surface area contributed by atoms with Crippen molar-refractivity contribution in [3.8, 4) is 11.5 Å². The molecule has 5 nitrogen and oxygen atoms in total. The number of hydrogen-bond donors (Lipinski definition) is 2. The van der Waals surface area contributed by atoms with E-state index in [4.69, 9.17) is 15.2 Å². The molecule has 0 saturated heterocycles. The van der Waals surface area contributed by atoms with Crippen LogP contribution in [-0.2, 0) is 0 Å². The fourth-order valence-electron chi connectivity index (χ4n) is 1.84. The van der Waals surface area contributed by atoms with Gasteiger partial charge in [-0.2, -0.15) is 0 Å². The Morgan fingerprint density at radius 1 is 1.32 bits per heavy atom. The molecule has 0 heterocycles. The molecule has 0 radical (unpaired) electrons. The maximum atomic E-state index is 12.1. The van der Waals surface area contributed by atoms with Gasteiger partial charge in [0.15, 0.2) is 11.5 Å². The first-order chi connectivity index (χ1) is 9.15. The van der Waals surface area contributed by atoms with Gasteiger partial charge in [0.05, 0.1) is 14.2 Å². The first-order valence-corrected chi connectivity index (χ1v) is 6.39. The van der Waals surface area contributed by atoms with Gasteiger partial charge in [-0.25, -0.2) is 0 Å². The molecule has 1 aromatic rings. The van der Waals surface area contributed by atoms with E-state index in [1.165, 1.54) is 0 Å². The van der Waals surface area contributed by atoms with Crippen LogP contribution in [0, 0.1) is 0 Å². The summed E-state index contributed by atoms with van der Waals surface area (Å²) >= 11 is 0. The van der Waals surface area contributed by atoms with E-state index >= 15 is 0 Å². The number of hydrogen-bond acceptors (Lipinski definition) is 4. The number of ether oxygens (including phenoxy) is 2. The molecule has 1 rings (SSSR count). The van der Waals surface area contributed by atoms with E-state index in [0.29, 0.717) is 23.6 Å². The standard InChI is InChI=1S/C14H22N2O3/c1-4-5-11(9-15)16-14(17)10-6-7-12(18-2)13(8-10)19-3/h6-8,11H,4-5,9,15H2,1-3H3,(H,16,17). The van der Waals surface area contributed by atoms with Gasteiger partial charge in [0.1, 0.15) is 0 Å². The molecule has 0 aromatic heterocycles. The number of methoxy groups -OCH3 is 2. The van der Waals surface area contributed by atoms with Crippen LogP contribution in [0.3, 0.4) is 0 Å². The summed E-state index contributed by atoms with van der Waals surface area (Å²) in [7, 11) is 3.10. The monoisotopic (exact) mass is 266 g/mol. The van der Waals surface area contributed by atoms with Crippen LogP contribution in [-0.4, -0.2) is 32.7 Å². The van der Waals surface area contributed by atoms with Crippen molar-refractivity contribution in [1.29, 1.82) is 0 Å². The number of nitrogens with one attached hydrogen (secondary N) is 1. The zero-order chi connectivity index (χ0) is 14.3. The molecule has 1 aromatic carbocycles. The van der Waals surface area contributed by atoms with Crippen molar-refractivity contribution < 1.29 is 14.3 Å². The first kappa shape index (κ1) is 15.3. The second kappa shape index (κ2) is 7.63. The zero-order valence-electron chi connectivity index (χ0n) is 11.7. The number of carbonyl (C=O) groups excluding carboxylic acids is 1. The van der Waals surface area contributed by atoms with Crippen LogP contribution in [0.5, 0.6) is 11.5 Å². The number of benzene rings is 1. The largest absolute Gasteiger partial charge is 0.493 e. The van der Waals surface area contributed by atoms with E-state index in [1.54, 1.807) is 32.4 Å². The smallest absolute Gasteiger partial charge is 0.251 e. The summed E-state index contributed by atoms with van der Waals surface area (Å²) < 4.78 is 10.3. The van der Waals surface area contributed by atoms with Crippen LogP contribution in [0.1, 0.15) is 30.1 Å². The Morgan fingerprint density at radius 2 is 2.00 bits per heavy atom. The van der Waals surface area contributed by atoms with Gasteiger partial charge in [0.2, 0.25) is 0 Å². The van der Waals surface area contributed by atoms with Crippen LogP contribution < -0.4 is 20.5 Å². The molecule has 0 spiro atoms. The maximum absolute atomic E-state index is 12.1. The van der Waals surface area contributed by atoms with Crippen molar-refractivity contribution in [2.45, 2.75) is 25.8 Å². The van der Waals surface area contributed by atoms with E-state index in [9.17, 15) is 4.79 Å². The van der Waals surface area contributed by atoms with Crippen LogP contribution in [0.4, 0.5) is 0 Å². The first-order valence-electron chi connectivity index (χ1n) is 6.39. The lowest BCUT2D eigenvalue weighted by Gasteiger charge is -2.16. The van der Waals surface area contributed by atoms with E-state index < -0.39 is 0 Å². The number of rotatable bonds is 7. The van der Waals surface area contributed by atoms with Crippen LogP contribution in [0.2, 0.25) is 0 Å². The summed E-state index contributed by atoms with van der Waals surface area (Å²) in [6.07, 6.45) is 1.85. The minimum Gasteiger partial charge on any atom is -0.493 e. The topological polar surface area (TPSA) is 73.6 Å². The molecular weight excluding hydrogens is 244 g/mol. The lowest BCUT2D eigenvalue weighted by Crippen LogP contribution is -2.40. The third-order valence-corrected chi connectivity index (χ3v) is 2.90. The minimum atomic E-state index is -0.148. The molecule has 1 atom stereocenters. The van der Waals surface area contributed by atoms with E-state index in [-0.39, 0.29) is 11.9 Å². The van der Waals surface area contributed by atoms with Crippen molar-refractivity contribution in [3.63, 3.8) is 0 Å². The molecule has 0 aliphatic rings. The fraction of sp³-hybridized carbons (Fsp3) is 0.500. The average molecular weight is 266 g/mol. The highest BCUT2D eigenvalue weighted by molar-refractivity contribution is 5.95. The van der Waals surface area contributed by atoms with Gasteiger partial charge in [-0.15, -0.1) is 0 Å². The lowest BCUT2D eigenvalue weighted by atomic mass is 10.1. The molecule has 1 amide bonds. The maximum Gasteiger partial charge on any atom is 0.251 e. The SMILES string of the molecule is CCCC(CN)NC(=O)c1ccc(OC)c(OC)c1. The molecule has 0 bridgehead atoms. The summed E-state index contributed by atoms with van der Waals surface area (Å²) in [5.41, 5.74) is 6.16. The number of nitrogens with two attached hydrogens (primary N) is 1. The minimum absolute atomic E-state index is 0.00518. The van der Waals surface area contributed by atoms with E-state index in [2.05, 4.69) is 12.2 Å². The van der Waals surface area contributed by atoms with Gasteiger partial charge in [-0.05, 0) is 24.6 Å². The van der Waals surface area contributed by atoms with Gasteiger partial charge in [-0.3, -0.25) is 4.79 Å². The Labute approximate surface area is 114 Å².